The molecule has 2 heterocycles. The van der Waals surface area contributed by atoms with Crippen LogP contribution in [0.25, 0.3) is 0 Å². The number of hydrazone groups is 1. The van der Waals surface area contributed by atoms with E-state index in [1.165, 1.54) is 5.01 Å². The second kappa shape index (κ2) is 6.83. The maximum atomic E-state index is 12.1. The van der Waals surface area contributed by atoms with Crippen molar-refractivity contribution in [2.45, 2.75) is 19.4 Å². The molecule has 6 heteroatoms. The summed E-state index contributed by atoms with van der Waals surface area (Å²) in [4.78, 5) is 28.2. The summed E-state index contributed by atoms with van der Waals surface area (Å²) in [6.45, 7) is 0.0813. The minimum Gasteiger partial charge on any atom is -0.455 e. The Morgan fingerprint density at radius 3 is 2.61 bits per heavy atom. The lowest BCUT2D eigenvalue weighted by molar-refractivity contribution is -0.137. The highest BCUT2D eigenvalue weighted by Crippen LogP contribution is 2.20. The smallest absolute Gasteiger partial charge is 0.354 e. The minimum atomic E-state index is -0.524. The number of esters is 1. The fourth-order valence-electron chi connectivity index (χ4n) is 2.18. The molecule has 0 saturated carbocycles. The molecule has 0 unspecified atom stereocenters. The maximum absolute atomic E-state index is 12.1. The van der Waals surface area contributed by atoms with Gasteiger partial charge in [0.05, 0.1) is 11.4 Å². The van der Waals surface area contributed by atoms with Crippen molar-refractivity contribution in [3.63, 3.8) is 0 Å². The Morgan fingerprint density at radius 2 is 1.87 bits per heavy atom. The average Bonchev–Trinajstić information content (AvgIpc) is 2.62. The Balaban J connectivity index is 1.71. The van der Waals surface area contributed by atoms with Crippen molar-refractivity contribution in [1.29, 1.82) is 0 Å². The molecule has 0 radical (unpaired) electrons. The zero-order valence-corrected chi connectivity index (χ0v) is 12.4. The van der Waals surface area contributed by atoms with E-state index < -0.39 is 5.97 Å². The van der Waals surface area contributed by atoms with E-state index in [1.807, 2.05) is 24.3 Å². The highest BCUT2D eigenvalue weighted by atomic mass is 16.5. The first kappa shape index (κ1) is 14.9. The van der Waals surface area contributed by atoms with Crippen molar-refractivity contribution in [1.82, 2.24) is 4.98 Å². The third-order valence-electron chi connectivity index (χ3n) is 3.35. The fourth-order valence-corrected chi connectivity index (χ4v) is 2.18. The predicted octanol–water partition coefficient (Wildman–Crippen LogP) is 2.31. The molecule has 116 valence electrons. The highest BCUT2D eigenvalue weighted by molar-refractivity contribution is 6.37. The molecule has 0 saturated heterocycles. The largest absolute Gasteiger partial charge is 0.455 e. The minimum absolute atomic E-state index is 0.0813. The van der Waals surface area contributed by atoms with Gasteiger partial charge in [-0.1, -0.05) is 24.3 Å². The van der Waals surface area contributed by atoms with Gasteiger partial charge in [-0.2, -0.15) is 5.10 Å². The van der Waals surface area contributed by atoms with Gasteiger partial charge in [0.25, 0.3) is 0 Å². The lowest BCUT2D eigenvalue weighted by Gasteiger charge is -2.22. The normalized spacial score (nSPS) is 14.3. The molecule has 0 atom stereocenters. The summed E-state index contributed by atoms with van der Waals surface area (Å²) in [6, 6.07) is 14.4. The van der Waals surface area contributed by atoms with Crippen molar-refractivity contribution in [3.8, 4) is 0 Å². The highest BCUT2D eigenvalue weighted by Gasteiger charge is 2.26. The Morgan fingerprint density at radius 1 is 1.09 bits per heavy atom. The van der Waals surface area contributed by atoms with Crippen LogP contribution in [-0.4, -0.2) is 22.6 Å². The van der Waals surface area contributed by atoms with Crippen molar-refractivity contribution < 1.29 is 14.3 Å². The quantitative estimate of drug-likeness (QED) is 0.812. The summed E-state index contributed by atoms with van der Waals surface area (Å²) >= 11 is 0. The predicted molar refractivity (Wildman–Crippen MR) is 84.6 cm³/mol. The molecular weight excluding hydrogens is 294 g/mol. The third kappa shape index (κ3) is 3.60. The van der Waals surface area contributed by atoms with Crippen LogP contribution in [0, 0.1) is 0 Å². The molecule has 23 heavy (non-hydrogen) atoms. The second-order valence-electron chi connectivity index (χ2n) is 4.98. The number of rotatable bonds is 4. The molecule has 2 aromatic rings. The number of pyridine rings is 1. The van der Waals surface area contributed by atoms with Gasteiger partial charge in [0.2, 0.25) is 5.91 Å². The van der Waals surface area contributed by atoms with E-state index in [0.29, 0.717) is 11.4 Å². The molecule has 0 spiro atoms. The van der Waals surface area contributed by atoms with Crippen LogP contribution in [-0.2, 0) is 20.9 Å². The van der Waals surface area contributed by atoms with Gasteiger partial charge in [0.1, 0.15) is 12.3 Å². The average molecular weight is 309 g/mol. The van der Waals surface area contributed by atoms with Crippen LogP contribution < -0.4 is 5.01 Å². The number of nitrogens with zero attached hydrogens (tertiary/aromatic N) is 3. The Kier molecular flexibility index (Phi) is 4.42. The van der Waals surface area contributed by atoms with Crippen LogP contribution in [0.1, 0.15) is 18.5 Å². The van der Waals surface area contributed by atoms with Crippen LogP contribution in [0.4, 0.5) is 5.69 Å². The summed E-state index contributed by atoms with van der Waals surface area (Å²) in [6.07, 6.45) is 2.15. The van der Waals surface area contributed by atoms with Crippen LogP contribution in [0.5, 0.6) is 0 Å². The molecular formula is C17H15N3O3. The molecule has 1 aromatic carbocycles. The zero-order valence-electron chi connectivity index (χ0n) is 12.4. The number of carbonyl (C=O) groups excluding carboxylic acids is 2. The van der Waals surface area contributed by atoms with Gasteiger partial charge < -0.3 is 4.74 Å². The molecule has 1 aliphatic heterocycles. The topological polar surface area (TPSA) is 71.9 Å². The van der Waals surface area contributed by atoms with Gasteiger partial charge in [-0.25, -0.2) is 9.80 Å². The first-order valence-corrected chi connectivity index (χ1v) is 7.26. The van der Waals surface area contributed by atoms with Crippen LogP contribution in [0.2, 0.25) is 0 Å². The molecule has 0 fully saturated rings. The summed E-state index contributed by atoms with van der Waals surface area (Å²) < 4.78 is 5.22. The van der Waals surface area contributed by atoms with Gasteiger partial charge >= 0.3 is 5.97 Å². The van der Waals surface area contributed by atoms with Crippen molar-refractivity contribution >= 4 is 23.3 Å². The molecule has 1 amide bonds. The Hall–Kier alpha value is -3.02. The molecule has 0 bridgehead atoms. The number of hydrogen-bond acceptors (Lipinski definition) is 5. The second-order valence-corrected chi connectivity index (χ2v) is 4.98. The van der Waals surface area contributed by atoms with Crippen molar-refractivity contribution in [2.24, 2.45) is 5.10 Å². The van der Waals surface area contributed by atoms with E-state index in [9.17, 15) is 9.59 Å². The van der Waals surface area contributed by atoms with Crippen LogP contribution >= 0.6 is 0 Å². The monoisotopic (exact) mass is 309 g/mol. The number of para-hydroxylation sites is 1. The number of ether oxygens (including phenoxy) is 1. The fraction of sp³-hybridized carbons (Fsp3) is 0.176. The molecule has 0 aliphatic carbocycles. The summed E-state index contributed by atoms with van der Waals surface area (Å²) in [5.74, 6) is -0.665. The summed E-state index contributed by atoms with van der Waals surface area (Å²) in [5, 5.41) is 5.40. The lowest BCUT2D eigenvalue weighted by atomic mass is 10.1. The van der Waals surface area contributed by atoms with Gasteiger partial charge in [-0.05, 0) is 24.3 Å². The van der Waals surface area contributed by atoms with E-state index in [1.54, 1.807) is 30.5 Å². The van der Waals surface area contributed by atoms with Crippen LogP contribution in [0.15, 0.2) is 59.8 Å². The number of anilines is 1. The first-order chi connectivity index (χ1) is 11.2. The van der Waals surface area contributed by atoms with E-state index in [0.717, 1.165) is 0 Å². The number of hydrogen-bond donors (Lipinski definition) is 0. The first-order valence-electron chi connectivity index (χ1n) is 7.26. The zero-order chi connectivity index (χ0) is 16.1. The number of amides is 1. The standard InChI is InChI=1S/C17H15N3O3/c21-16-10-9-15(19-20(16)14-7-2-1-3-8-14)17(22)23-12-13-6-4-5-11-18-13/h1-8,11H,9-10,12H2. The number of aromatic nitrogens is 1. The SMILES string of the molecule is O=C(OCc1ccccn1)C1=NN(c2ccccc2)C(=O)CC1. The molecule has 3 rings (SSSR count). The molecule has 6 nitrogen and oxygen atoms in total. The Labute approximate surface area is 133 Å². The van der Waals surface area contributed by atoms with Crippen LogP contribution in [0.3, 0.4) is 0 Å². The number of carbonyl (C=O) groups is 2. The summed E-state index contributed by atoms with van der Waals surface area (Å²) in [5.41, 5.74) is 1.53. The van der Waals surface area contributed by atoms with E-state index in [-0.39, 0.29) is 31.1 Å². The van der Waals surface area contributed by atoms with Gasteiger partial charge in [-0.3, -0.25) is 9.78 Å². The van der Waals surface area contributed by atoms with Gasteiger partial charge in [0.15, 0.2) is 0 Å². The Bertz CT molecular complexity index is 729. The third-order valence-corrected chi connectivity index (χ3v) is 3.35. The molecule has 1 aliphatic rings. The summed E-state index contributed by atoms with van der Waals surface area (Å²) in [7, 11) is 0. The molecule has 0 N–H and O–H groups in total. The number of benzene rings is 1. The van der Waals surface area contributed by atoms with E-state index in [4.69, 9.17) is 4.74 Å². The van der Waals surface area contributed by atoms with E-state index in [2.05, 4.69) is 10.1 Å². The van der Waals surface area contributed by atoms with Crippen molar-refractivity contribution in [3.05, 3.63) is 60.4 Å². The van der Waals surface area contributed by atoms with Gasteiger partial charge in [0, 0.05) is 19.0 Å². The lowest BCUT2D eigenvalue weighted by Crippen LogP contribution is -2.34. The molecule has 1 aromatic heterocycles. The van der Waals surface area contributed by atoms with Crippen molar-refractivity contribution in [2.75, 3.05) is 5.01 Å². The maximum Gasteiger partial charge on any atom is 0.354 e. The van der Waals surface area contributed by atoms with Gasteiger partial charge in [-0.15, -0.1) is 0 Å². The van der Waals surface area contributed by atoms with E-state index >= 15 is 0 Å².